The van der Waals surface area contributed by atoms with Gasteiger partial charge in [-0.05, 0) is 38.3 Å². The Kier molecular flexibility index (Phi) is 2.78. The lowest BCUT2D eigenvalue weighted by atomic mass is 9.78. The lowest BCUT2D eigenvalue weighted by Gasteiger charge is -2.39. The zero-order valence-corrected chi connectivity index (χ0v) is 11.0. The average molecular weight is 245 g/mol. The zero-order valence-electron chi connectivity index (χ0n) is 11.0. The maximum atomic E-state index is 5.87. The van der Waals surface area contributed by atoms with Gasteiger partial charge in [0, 0.05) is 10.9 Å². The maximum absolute atomic E-state index is 5.87. The van der Waals surface area contributed by atoms with Crippen molar-refractivity contribution in [1.29, 1.82) is 0 Å². The molecule has 0 aliphatic heterocycles. The monoisotopic (exact) mass is 245 g/mol. The Morgan fingerprint density at radius 2 is 2.22 bits per heavy atom. The molecule has 1 fully saturated rings. The van der Waals surface area contributed by atoms with Crippen molar-refractivity contribution in [2.24, 2.45) is 0 Å². The number of hydrogen-bond acceptors (Lipinski definition) is 3. The topological polar surface area (TPSA) is 34.4 Å². The third-order valence-electron chi connectivity index (χ3n) is 3.93. The van der Waals surface area contributed by atoms with Crippen LogP contribution in [0, 0.1) is 0 Å². The summed E-state index contributed by atoms with van der Waals surface area (Å²) < 4.78 is 11.2. The Balaban J connectivity index is 1.80. The van der Waals surface area contributed by atoms with E-state index in [0.29, 0.717) is 5.54 Å². The number of fused-ring (bicyclic) bond motifs is 1. The van der Waals surface area contributed by atoms with Crippen molar-refractivity contribution in [3.63, 3.8) is 0 Å². The summed E-state index contributed by atoms with van der Waals surface area (Å²) in [5.74, 6) is 1.77. The van der Waals surface area contributed by atoms with Crippen LogP contribution in [0.4, 0.5) is 0 Å². The minimum Gasteiger partial charge on any atom is -0.493 e. The van der Waals surface area contributed by atoms with Gasteiger partial charge in [0.25, 0.3) is 0 Å². The largest absolute Gasteiger partial charge is 0.493 e. The van der Waals surface area contributed by atoms with Crippen LogP contribution in [0.15, 0.2) is 28.7 Å². The molecule has 1 aromatic carbocycles. The van der Waals surface area contributed by atoms with Gasteiger partial charge in [0.1, 0.15) is 5.76 Å². The van der Waals surface area contributed by atoms with Gasteiger partial charge < -0.3 is 14.5 Å². The van der Waals surface area contributed by atoms with Crippen LogP contribution >= 0.6 is 0 Å². The van der Waals surface area contributed by atoms with Crippen LogP contribution in [0.25, 0.3) is 11.0 Å². The van der Waals surface area contributed by atoms with E-state index in [4.69, 9.17) is 9.15 Å². The fourth-order valence-corrected chi connectivity index (χ4v) is 2.52. The molecule has 1 aliphatic carbocycles. The van der Waals surface area contributed by atoms with Crippen molar-refractivity contribution in [2.75, 3.05) is 7.11 Å². The number of para-hydroxylation sites is 1. The van der Waals surface area contributed by atoms with Crippen molar-refractivity contribution in [3.05, 3.63) is 30.0 Å². The SMILES string of the molecule is COc1cccc2cc(CNC3(C)CCC3)oc12. The van der Waals surface area contributed by atoms with E-state index in [0.717, 1.165) is 29.0 Å². The van der Waals surface area contributed by atoms with Crippen LogP contribution in [0.5, 0.6) is 5.75 Å². The van der Waals surface area contributed by atoms with Crippen molar-refractivity contribution in [1.82, 2.24) is 5.32 Å². The van der Waals surface area contributed by atoms with Crippen LogP contribution in [0.2, 0.25) is 0 Å². The lowest BCUT2D eigenvalue weighted by Crippen LogP contribution is -2.47. The van der Waals surface area contributed by atoms with Gasteiger partial charge in [-0.1, -0.05) is 12.1 Å². The average Bonchev–Trinajstić information content (AvgIpc) is 2.76. The first-order valence-electron chi connectivity index (χ1n) is 6.51. The lowest BCUT2D eigenvalue weighted by molar-refractivity contribution is 0.202. The van der Waals surface area contributed by atoms with Crippen molar-refractivity contribution < 1.29 is 9.15 Å². The Hall–Kier alpha value is -1.48. The highest BCUT2D eigenvalue weighted by atomic mass is 16.5. The summed E-state index contributed by atoms with van der Waals surface area (Å²) in [6.07, 6.45) is 3.85. The Morgan fingerprint density at radius 1 is 1.39 bits per heavy atom. The van der Waals surface area contributed by atoms with Gasteiger partial charge >= 0.3 is 0 Å². The fourth-order valence-electron chi connectivity index (χ4n) is 2.52. The van der Waals surface area contributed by atoms with E-state index in [1.165, 1.54) is 19.3 Å². The molecule has 3 rings (SSSR count). The third kappa shape index (κ3) is 1.99. The Bertz CT molecular complexity index is 555. The normalized spacial score (nSPS) is 17.7. The highest BCUT2D eigenvalue weighted by Gasteiger charge is 2.31. The molecule has 1 N–H and O–H groups in total. The molecule has 0 bridgehead atoms. The van der Waals surface area contributed by atoms with Gasteiger partial charge in [0.05, 0.1) is 13.7 Å². The molecular formula is C15H19NO2. The van der Waals surface area contributed by atoms with Gasteiger partial charge in [0.15, 0.2) is 11.3 Å². The van der Waals surface area contributed by atoms with E-state index < -0.39 is 0 Å². The Labute approximate surface area is 107 Å². The molecule has 3 nitrogen and oxygen atoms in total. The molecule has 3 heteroatoms. The Morgan fingerprint density at radius 3 is 2.89 bits per heavy atom. The quantitative estimate of drug-likeness (QED) is 0.895. The molecule has 1 saturated carbocycles. The molecule has 1 aromatic heterocycles. The van der Waals surface area contributed by atoms with Crippen molar-refractivity contribution in [3.8, 4) is 5.75 Å². The first-order valence-corrected chi connectivity index (χ1v) is 6.51. The molecular weight excluding hydrogens is 226 g/mol. The van der Waals surface area contributed by atoms with E-state index in [2.05, 4.69) is 24.4 Å². The molecule has 0 radical (unpaired) electrons. The number of methoxy groups -OCH3 is 1. The predicted octanol–water partition coefficient (Wildman–Crippen LogP) is 3.47. The number of benzene rings is 1. The van der Waals surface area contributed by atoms with Crippen LogP contribution in [-0.2, 0) is 6.54 Å². The van der Waals surface area contributed by atoms with Crippen molar-refractivity contribution >= 4 is 11.0 Å². The minimum atomic E-state index is 0.309. The second kappa shape index (κ2) is 4.32. The minimum absolute atomic E-state index is 0.309. The zero-order chi connectivity index (χ0) is 12.6. The van der Waals surface area contributed by atoms with Gasteiger partial charge in [-0.2, -0.15) is 0 Å². The smallest absolute Gasteiger partial charge is 0.176 e. The van der Waals surface area contributed by atoms with E-state index in [1.54, 1.807) is 7.11 Å². The van der Waals surface area contributed by atoms with Gasteiger partial charge in [0.2, 0.25) is 0 Å². The second-order valence-corrected chi connectivity index (χ2v) is 5.36. The summed E-state index contributed by atoms with van der Waals surface area (Å²) in [4.78, 5) is 0. The molecule has 0 amide bonds. The standard InChI is InChI=1S/C15H19NO2/c1-15(7-4-8-15)16-10-12-9-11-5-3-6-13(17-2)14(11)18-12/h3,5-6,9,16H,4,7-8,10H2,1-2H3. The molecule has 0 spiro atoms. The molecule has 0 saturated heterocycles. The van der Waals surface area contributed by atoms with E-state index in [9.17, 15) is 0 Å². The molecule has 1 aliphatic rings. The number of rotatable bonds is 4. The van der Waals surface area contributed by atoms with E-state index >= 15 is 0 Å². The van der Waals surface area contributed by atoms with Gasteiger partial charge in [-0.3, -0.25) is 0 Å². The van der Waals surface area contributed by atoms with Crippen LogP contribution < -0.4 is 10.1 Å². The first-order chi connectivity index (χ1) is 8.70. The molecule has 2 aromatic rings. The fraction of sp³-hybridized carbons (Fsp3) is 0.467. The number of hydrogen-bond donors (Lipinski definition) is 1. The van der Waals surface area contributed by atoms with Crippen LogP contribution in [0.1, 0.15) is 31.9 Å². The van der Waals surface area contributed by atoms with Crippen molar-refractivity contribution in [2.45, 2.75) is 38.3 Å². The highest BCUT2D eigenvalue weighted by Crippen LogP contribution is 2.32. The number of nitrogens with one attached hydrogen (secondary N) is 1. The summed E-state index contributed by atoms with van der Waals surface area (Å²) in [6.45, 7) is 3.06. The summed E-state index contributed by atoms with van der Waals surface area (Å²) in [6, 6.07) is 8.06. The summed E-state index contributed by atoms with van der Waals surface area (Å²) >= 11 is 0. The van der Waals surface area contributed by atoms with Gasteiger partial charge in [-0.15, -0.1) is 0 Å². The molecule has 0 atom stereocenters. The summed E-state index contributed by atoms with van der Waals surface area (Å²) in [7, 11) is 1.67. The predicted molar refractivity (Wildman–Crippen MR) is 71.9 cm³/mol. The molecule has 0 unspecified atom stereocenters. The van der Waals surface area contributed by atoms with Gasteiger partial charge in [-0.25, -0.2) is 0 Å². The summed E-state index contributed by atoms with van der Waals surface area (Å²) in [5.41, 5.74) is 1.15. The third-order valence-corrected chi connectivity index (χ3v) is 3.93. The number of ether oxygens (including phenoxy) is 1. The summed E-state index contributed by atoms with van der Waals surface area (Å²) in [5, 5.41) is 4.68. The second-order valence-electron chi connectivity index (χ2n) is 5.36. The maximum Gasteiger partial charge on any atom is 0.176 e. The molecule has 96 valence electrons. The molecule has 1 heterocycles. The number of furan rings is 1. The van der Waals surface area contributed by atoms with Crippen LogP contribution in [-0.4, -0.2) is 12.6 Å². The highest BCUT2D eigenvalue weighted by molar-refractivity contribution is 5.83. The van der Waals surface area contributed by atoms with Crippen LogP contribution in [0.3, 0.4) is 0 Å². The van der Waals surface area contributed by atoms with E-state index in [-0.39, 0.29) is 0 Å². The van der Waals surface area contributed by atoms with E-state index in [1.807, 2.05) is 12.1 Å². The first kappa shape index (κ1) is 11.6. The molecule has 18 heavy (non-hydrogen) atoms.